The van der Waals surface area contributed by atoms with E-state index >= 15 is 0 Å². The number of carbonyl (C=O) groups is 1. The number of nitrogens with zero attached hydrogens (tertiary/aromatic N) is 1. The third-order valence-corrected chi connectivity index (χ3v) is 4.98. The van der Waals surface area contributed by atoms with Gasteiger partial charge in [0.2, 0.25) is 0 Å². The third-order valence-electron chi connectivity index (χ3n) is 4.98. The van der Waals surface area contributed by atoms with Crippen molar-refractivity contribution in [2.24, 2.45) is 10.9 Å². The van der Waals surface area contributed by atoms with E-state index in [-0.39, 0.29) is 18.0 Å². The summed E-state index contributed by atoms with van der Waals surface area (Å²) in [5, 5.41) is 10.5. The number of aliphatic imine (C=N–C) groups is 1. The van der Waals surface area contributed by atoms with Crippen LogP contribution >= 0.6 is 0 Å². The number of aromatic nitrogens is 1. The number of aromatic amines is 1. The quantitative estimate of drug-likeness (QED) is 0.383. The molecule has 3 rings (SSSR count). The highest BCUT2D eigenvalue weighted by Gasteiger charge is 2.32. The lowest BCUT2D eigenvalue weighted by atomic mass is 10.1. The van der Waals surface area contributed by atoms with Crippen molar-refractivity contribution < 1.29 is 13.9 Å². The summed E-state index contributed by atoms with van der Waals surface area (Å²) in [6, 6.07) is 4.78. The number of guanidine groups is 1. The molecule has 0 saturated heterocycles. The summed E-state index contributed by atoms with van der Waals surface area (Å²) in [6.45, 7) is 6.11. The molecule has 1 aliphatic carbocycles. The molecule has 1 fully saturated rings. The van der Waals surface area contributed by atoms with E-state index in [2.05, 4.69) is 25.9 Å². The van der Waals surface area contributed by atoms with Gasteiger partial charge in [-0.05, 0) is 62.8 Å². The van der Waals surface area contributed by atoms with Crippen LogP contribution in [0.3, 0.4) is 0 Å². The number of benzene rings is 1. The molecule has 1 aliphatic rings. The van der Waals surface area contributed by atoms with Crippen molar-refractivity contribution in [3.63, 3.8) is 0 Å². The van der Waals surface area contributed by atoms with Crippen LogP contribution in [-0.4, -0.2) is 49.3 Å². The average molecular weight is 404 g/mol. The molecule has 0 bridgehead atoms. The topological polar surface area (TPSA) is 90.5 Å². The summed E-state index contributed by atoms with van der Waals surface area (Å²) in [4.78, 5) is 19.5. The average Bonchev–Trinajstić information content (AvgIpc) is 3.46. The van der Waals surface area contributed by atoms with Gasteiger partial charge in [0.05, 0.1) is 19.2 Å². The number of amides is 1. The van der Waals surface area contributed by atoms with Crippen LogP contribution in [0.4, 0.5) is 9.18 Å². The van der Waals surface area contributed by atoms with E-state index < -0.39 is 0 Å². The Morgan fingerprint density at radius 3 is 2.90 bits per heavy atom. The zero-order valence-electron chi connectivity index (χ0n) is 17.1. The molecule has 1 saturated carbocycles. The van der Waals surface area contributed by atoms with Crippen LogP contribution in [-0.2, 0) is 11.2 Å². The van der Waals surface area contributed by atoms with Crippen molar-refractivity contribution in [2.75, 3.05) is 26.2 Å². The molecule has 1 aromatic carbocycles. The number of carbonyl (C=O) groups excluding carboxylic acids is 1. The van der Waals surface area contributed by atoms with Gasteiger partial charge in [0.15, 0.2) is 5.96 Å². The van der Waals surface area contributed by atoms with Gasteiger partial charge in [-0.3, -0.25) is 4.99 Å². The Labute approximate surface area is 170 Å². The number of hydrogen-bond acceptors (Lipinski definition) is 3. The van der Waals surface area contributed by atoms with Crippen LogP contribution in [0.2, 0.25) is 0 Å². The Bertz CT molecular complexity index is 847. The van der Waals surface area contributed by atoms with Crippen LogP contribution in [0.1, 0.15) is 32.3 Å². The number of H-pyrrole nitrogens is 1. The van der Waals surface area contributed by atoms with Crippen LogP contribution in [0.5, 0.6) is 0 Å². The summed E-state index contributed by atoms with van der Waals surface area (Å²) in [5.74, 6) is 0.944. The van der Waals surface area contributed by atoms with Crippen molar-refractivity contribution >= 4 is 23.0 Å². The molecule has 158 valence electrons. The van der Waals surface area contributed by atoms with Crippen LogP contribution in [0.25, 0.3) is 10.9 Å². The van der Waals surface area contributed by atoms with Crippen molar-refractivity contribution in [3.8, 4) is 0 Å². The molecular formula is C21H30FN5O2. The van der Waals surface area contributed by atoms with Gasteiger partial charge in [0.1, 0.15) is 5.82 Å². The molecule has 1 unspecified atom stereocenters. The van der Waals surface area contributed by atoms with E-state index in [1.165, 1.54) is 12.1 Å². The minimum atomic E-state index is -0.381. The molecule has 8 heteroatoms. The number of hydrogen-bond donors (Lipinski definition) is 4. The van der Waals surface area contributed by atoms with Crippen molar-refractivity contribution in [2.45, 2.75) is 39.2 Å². The first kappa shape index (κ1) is 21.0. The zero-order valence-corrected chi connectivity index (χ0v) is 17.1. The molecule has 29 heavy (non-hydrogen) atoms. The number of fused-ring (bicyclic) bond motifs is 1. The first-order valence-electron chi connectivity index (χ1n) is 10.3. The highest BCUT2D eigenvalue weighted by molar-refractivity contribution is 5.83. The second-order valence-electron chi connectivity index (χ2n) is 7.21. The summed E-state index contributed by atoms with van der Waals surface area (Å²) in [5.41, 5.74) is 1.93. The molecule has 0 spiro atoms. The highest BCUT2D eigenvalue weighted by Crippen LogP contribution is 2.32. The monoisotopic (exact) mass is 403 g/mol. The minimum Gasteiger partial charge on any atom is -0.450 e. The summed E-state index contributed by atoms with van der Waals surface area (Å²) in [6.07, 6.45) is 4.54. The van der Waals surface area contributed by atoms with Gasteiger partial charge in [-0.25, -0.2) is 9.18 Å². The largest absolute Gasteiger partial charge is 0.450 e. The van der Waals surface area contributed by atoms with Crippen molar-refractivity contribution in [1.29, 1.82) is 0 Å². The Kier molecular flexibility index (Phi) is 7.32. The maximum absolute atomic E-state index is 13.3. The van der Waals surface area contributed by atoms with E-state index in [1.54, 1.807) is 13.0 Å². The number of rotatable bonds is 9. The lowest BCUT2D eigenvalue weighted by molar-refractivity contribution is 0.147. The predicted molar refractivity (Wildman–Crippen MR) is 113 cm³/mol. The first-order chi connectivity index (χ1) is 14.1. The number of ether oxygens (including phenoxy) is 1. The van der Waals surface area contributed by atoms with Crippen LogP contribution < -0.4 is 16.0 Å². The van der Waals surface area contributed by atoms with Crippen molar-refractivity contribution in [3.05, 3.63) is 35.8 Å². The fourth-order valence-electron chi connectivity index (χ4n) is 3.35. The zero-order chi connectivity index (χ0) is 20.6. The van der Waals surface area contributed by atoms with Gasteiger partial charge >= 0.3 is 6.09 Å². The van der Waals surface area contributed by atoms with E-state index in [0.29, 0.717) is 25.6 Å². The summed E-state index contributed by atoms with van der Waals surface area (Å²) in [7, 11) is 0. The molecular weight excluding hydrogens is 373 g/mol. The Balaban J connectivity index is 1.54. The lowest BCUT2D eigenvalue weighted by Gasteiger charge is -2.17. The highest BCUT2D eigenvalue weighted by atomic mass is 19.1. The van der Waals surface area contributed by atoms with E-state index in [1.807, 2.05) is 13.1 Å². The molecule has 7 nitrogen and oxygen atoms in total. The van der Waals surface area contributed by atoms with Gasteiger partial charge < -0.3 is 25.7 Å². The standard InChI is InChI=1S/C21H30FN5O2/c1-3-23-20(26-13-19(14-5-6-14)27-21(28)29-4-2)24-10-9-15-12-25-18-11-16(22)7-8-17(15)18/h7-8,11-12,14,19,25H,3-6,9-10,13H2,1-2H3,(H,27,28)(H2,23,24,26). The molecule has 1 aromatic heterocycles. The van der Waals surface area contributed by atoms with E-state index in [0.717, 1.165) is 48.2 Å². The number of nitrogens with one attached hydrogen (secondary N) is 4. The number of halogens is 1. The second kappa shape index (κ2) is 10.1. The molecule has 1 atom stereocenters. The molecule has 0 radical (unpaired) electrons. The molecule has 0 aliphatic heterocycles. The molecule has 1 amide bonds. The van der Waals surface area contributed by atoms with Gasteiger partial charge in [0.25, 0.3) is 0 Å². The van der Waals surface area contributed by atoms with Crippen LogP contribution in [0, 0.1) is 11.7 Å². The van der Waals surface area contributed by atoms with Gasteiger partial charge in [-0.2, -0.15) is 0 Å². The molecule has 1 heterocycles. The van der Waals surface area contributed by atoms with E-state index in [4.69, 9.17) is 4.74 Å². The first-order valence-corrected chi connectivity index (χ1v) is 10.3. The normalized spacial score (nSPS) is 15.2. The maximum atomic E-state index is 13.3. The Morgan fingerprint density at radius 1 is 1.34 bits per heavy atom. The smallest absolute Gasteiger partial charge is 0.407 e. The minimum absolute atomic E-state index is 0.00646. The fraction of sp³-hybridized carbons (Fsp3) is 0.524. The Morgan fingerprint density at radius 2 is 2.17 bits per heavy atom. The second-order valence-corrected chi connectivity index (χ2v) is 7.21. The van der Waals surface area contributed by atoms with Gasteiger partial charge in [0, 0.05) is 30.2 Å². The molecule has 2 aromatic rings. The summed E-state index contributed by atoms with van der Waals surface area (Å²) >= 11 is 0. The summed E-state index contributed by atoms with van der Waals surface area (Å²) < 4.78 is 18.3. The fourth-order valence-corrected chi connectivity index (χ4v) is 3.35. The van der Waals surface area contributed by atoms with Crippen LogP contribution in [0.15, 0.2) is 29.4 Å². The lowest BCUT2D eigenvalue weighted by Crippen LogP contribution is -2.42. The van der Waals surface area contributed by atoms with Gasteiger partial charge in [-0.1, -0.05) is 0 Å². The maximum Gasteiger partial charge on any atom is 0.407 e. The predicted octanol–water partition coefficient (Wildman–Crippen LogP) is 2.93. The van der Waals surface area contributed by atoms with Crippen molar-refractivity contribution in [1.82, 2.24) is 20.9 Å². The number of alkyl carbamates (subject to hydrolysis) is 1. The Hall–Kier alpha value is -2.77. The van der Waals surface area contributed by atoms with Gasteiger partial charge in [-0.15, -0.1) is 0 Å². The SMILES string of the molecule is CCNC(=NCC(NC(=O)OCC)C1CC1)NCCc1c[nH]c2cc(F)ccc12. The molecule has 4 N–H and O–H groups in total. The van der Waals surface area contributed by atoms with E-state index in [9.17, 15) is 9.18 Å². The third kappa shape index (κ3) is 6.10.